The van der Waals surface area contributed by atoms with E-state index < -0.39 is 0 Å². The number of hydrogen-bond acceptors (Lipinski definition) is 3. The molecule has 1 N–H and O–H groups in total. The molecule has 0 saturated heterocycles. The third-order valence-electron chi connectivity index (χ3n) is 3.58. The molecule has 2 nitrogen and oxygen atoms in total. The van der Waals surface area contributed by atoms with Crippen LogP contribution in [0, 0.1) is 0 Å². The van der Waals surface area contributed by atoms with Crippen molar-refractivity contribution in [2.45, 2.75) is 64.7 Å². The topological polar surface area (TPSA) is 15.3 Å². The molecule has 3 heteroatoms. The van der Waals surface area contributed by atoms with E-state index in [9.17, 15) is 0 Å². The van der Waals surface area contributed by atoms with Gasteiger partial charge in [-0.05, 0) is 39.5 Å². The van der Waals surface area contributed by atoms with Crippen molar-refractivity contribution in [3.8, 4) is 0 Å². The maximum absolute atomic E-state index is 4.18. The summed E-state index contributed by atoms with van der Waals surface area (Å²) in [4.78, 5) is 2.47. The van der Waals surface area contributed by atoms with Crippen molar-refractivity contribution in [1.29, 1.82) is 0 Å². The normalized spacial score (nSPS) is 11.4. The van der Waals surface area contributed by atoms with Crippen LogP contribution in [-0.2, 0) is 0 Å². The summed E-state index contributed by atoms with van der Waals surface area (Å²) in [6.07, 6.45) is 12.6. The fraction of sp³-hybridized carbons (Fsp3) is 1.00. The Morgan fingerprint density at radius 1 is 0.789 bits per heavy atom. The number of nitrogens with zero attached hydrogens (tertiary/aromatic N) is 1. The maximum atomic E-state index is 4.18. The number of nitrogens with one attached hydrogen (secondary N) is 1. The molecule has 0 bridgehead atoms. The molecule has 0 spiro atoms. The largest absolute Gasteiger partial charge is 0.316 e. The third-order valence-corrected chi connectivity index (χ3v) is 3.80. The van der Waals surface area contributed by atoms with E-state index in [1.807, 2.05) is 0 Å². The Labute approximate surface area is 127 Å². The van der Waals surface area contributed by atoms with E-state index in [2.05, 4.69) is 36.8 Å². The van der Waals surface area contributed by atoms with Crippen LogP contribution < -0.4 is 5.32 Å². The summed E-state index contributed by atoms with van der Waals surface area (Å²) in [6, 6.07) is 0. The maximum Gasteiger partial charge on any atom is 0.00397 e. The van der Waals surface area contributed by atoms with Crippen LogP contribution in [0.3, 0.4) is 0 Å². The molecule has 0 radical (unpaired) electrons. The zero-order chi connectivity index (χ0) is 14.2. The monoisotopic (exact) mass is 288 g/mol. The van der Waals surface area contributed by atoms with E-state index in [0.717, 1.165) is 18.8 Å². The van der Waals surface area contributed by atoms with Crippen molar-refractivity contribution in [2.75, 3.05) is 39.0 Å². The third kappa shape index (κ3) is 16.2. The minimum absolute atomic E-state index is 0.939. The lowest BCUT2D eigenvalue weighted by Crippen LogP contribution is -2.25. The summed E-state index contributed by atoms with van der Waals surface area (Å²) in [6.45, 7) is 6.93. The van der Waals surface area contributed by atoms with Gasteiger partial charge >= 0.3 is 0 Å². The molecular formula is C16H36N2S. The average Bonchev–Trinajstić information content (AvgIpc) is 2.41. The van der Waals surface area contributed by atoms with Gasteiger partial charge in [0.15, 0.2) is 0 Å². The van der Waals surface area contributed by atoms with Gasteiger partial charge in [0, 0.05) is 12.3 Å². The van der Waals surface area contributed by atoms with Crippen LogP contribution in [0.2, 0.25) is 0 Å². The fourth-order valence-corrected chi connectivity index (χ4v) is 2.46. The van der Waals surface area contributed by atoms with Crippen molar-refractivity contribution in [2.24, 2.45) is 0 Å². The molecule has 0 aliphatic heterocycles. The van der Waals surface area contributed by atoms with E-state index in [1.54, 1.807) is 0 Å². The number of unbranched alkanes of at least 4 members (excludes halogenated alkanes) is 7. The summed E-state index contributed by atoms with van der Waals surface area (Å²) in [5, 5.41) is 3.39. The van der Waals surface area contributed by atoms with Crippen molar-refractivity contribution in [1.82, 2.24) is 10.2 Å². The lowest BCUT2D eigenvalue weighted by atomic mass is 10.1. The van der Waals surface area contributed by atoms with Gasteiger partial charge in [-0.15, -0.1) is 0 Å². The summed E-state index contributed by atoms with van der Waals surface area (Å²) in [5.41, 5.74) is 0. The van der Waals surface area contributed by atoms with Crippen molar-refractivity contribution >= 4 is 12.6 Å². The van der Waals surface area contributed by atoms with Gasteiger partial charge in [-0.2, -0.15) is 12.6 Å². The molecule has 0 rings (SSSR count). The van der Waals surface area contributed by atoms with E-state index in [-0.39, 0.29) is 0 Å². The molecule has 0 aliphatic rings. The van der Waals surface area contributed by atoms with Crippen LogP contribution in [0.4, 0.5) is 0 Å². The fourth-order valence-electron chi connectivity index (χ4n) is 2.31. The van der Waals surface area contributed by atoms with E-state index in [4.69, 9.17) is 0 Å². The lowest BCUT2D eigenvalue weighted by Gasteiger charge is -2.16. The smallest absolute Gasteiger partial charge is 0.00397 e. The lowest BCUT2D eigenvalue weighted by molar-refractivity contribution is 0.317. The summed E-state index contributed by atoms with van der Waals surface area (Å²) < 4.78 is 0. The van der Waals surface area contributed by atoms with Gasteiger partial charge in [0.25, 0.3) is 0 Å². The molecule has 0 fully saturated rings. The van der Waals surface area contributed by atoms with E-state index in [0.29, 0.717) is 0 Å². The molecule has 0 unspecified atom stereocenters. The minimum atomic E-state index is 0.939. The van der Waals surface area contributed by atoms with Crippen molar-refractivity contribution in [3.05, 3.63) is 0 Å². The first-order valence-electron chi connectivity index (χ1n) is 8.31. The summed E-state index contributed by atoms with van der Waals surface area (Å²) in [7, 11) is 2.25. The van der Waals surface area contributed by atoms with Crippen LogP contribution in [0.5, 0.6) is 0 Å². The number of thiol groups is 1. The van der Waals surface area contributed by atoms with Gasteiger partial charge < -0.3 is 10.2 Å². The highest BCUT2D eigenvalue weighted by Crippen LogP contribution is 2.08. The van der Waals surface area contributed by atoms with Gasteiger partial charge in [-0.3, -0.25) is 0 Å². The second-order valence-corrected chi connectivity index (χ2v) is 6.05. The quantitative estimate of drug-likeness (QED) is 0.350. The van der Waals surface area contributed by atoms with E-state index in [1.165, 1.54) is 70.9 Å². The summed E-state index contributed by atoms with van der Waals surface area (Å²) >= 11 is 4.18. The number of rotatable bonds is 15. The molecule has 0 heterocycles. The molecule has 0 aromatic heterocycles. The molecule has 0 aliphatic carbocycles. The predicted molar refractivity (Wildman–Crippen MR) is 91.4 cm³/mol. The highest BCUT2D eigenvalue weighted by atomic mass is 32.1. The Morgan fingerprint density at radius 2 is 1.37 bits per heavy atom. The summed E-state index contributed by atoms with van der Waals surface area (Å²) in [5.74, 6) is 0.939. The van der Waals surface area contributed by atoms with Crippen LogP contribution in [0.1, 0.15) is 64.7 Å². The van der Waals surface area contributed by atoms with Crippen LogP contribution in [0.25, 0.3) is 0 Å². The Balaban J connectivity index is 3.09. The SMILES string of the molecule is CCCCCCCCCCN(C)CCCNCCS. The van der Waals surface area contributed by atoms with Crippen molar-refractivity contribution in [3.63, 3.8) is 0 Å². The standard InChI is InChI=1S/C16H36N2S/c1-3-4-5-6-7-8-9-10-14-18(2)15-11-12-17-13-16-19/h17,19H,3-16H2,1-2H3. The Kier molecular flexibility index (Phi) is 16.6. The minimum Gasteiger partial charge on any atom is -0.316 e. The molecular weight excluding hydrogens is 252 g/mol. The van der Waals surface area contributed by atoms with Gasteiger partial charge in [0.1, 0.15) is 0 Å². The Bertz CT molecular complexity index is 165. The van der Waals surface area contributed by atoms with Crippen LogP contribution in [-0.4, -0.2) is 43.9 Å². The van der Waals surface area contributed by atoms with Gasteiger partial charge in [-0.25, -0.2) is 0 Å². The van der Waals surface area contributed by atoms with E-state index >= 15 is 0 Å². The highest BCUT2D eigenvalue weighted by Gasteiger charge is 1.98. The molecule has 0 aromatic carbocycles. The zero-order valence-corrected chi connectivity index (χ0v) is 14.2. The number of hydrogen-bond donors (Lipinski definition) is 2. The Morgan fingerprint density at radius 3 is 2.00 bits per heavy atom. The zero-order valence-electron chi connectivity index (χ0n) is 13.3. The predicted octanol–water partition coefficient (Wildman–Crippen LogP) is 3.97. The molecule has 19 heavy (non-hydrogen) atoms. The van der Waals surface area contributed by atoms with Gasteiger partial charge in [0.05, 0.1) is 0 Å². The second-order valence-electron chi connectivity index (χ2n) is 5.61. The molecule has 0 atom stereocenters. The first-order chi connectivity index (χ1) is 9.31. The Hall–Kier alpha value is 0.270. The van der Waals surface area contributed by atoms with Crippen LogP contribution in [0.15, 0.2) is 0 Å². The first-order valence-corrected chi connectivity index (χ1v) is 8.94. The molecule has 0 aromatic rings. The van der Waals surface area contributed by atoms with Crippen LogP contribution >= 0.6 is 12.6 Å². The second kappa shape index (κ2) is 16.3. The van der Waals surface area contributed by atoms with Crippen molar-refractivity contribution < 1.29 is 0 Å². The van der Waals surface area contributed by atoms with Gasteiger partial charge in [-0.1, -0.05) is 51.9 Å². The highest BCUT2D eigenvalue weighted by molar-refractivity contribution is 7.80. The molecule has 116 valence electrons. The molecule has 0 saturated carbocycles. The van der Waals surface area contributed by atoms with Gasteiger partial charge in [0.2, 0.25) is 0 Å². The first kappa shape index (κ1) is 19.3. The molecule has 0 amide bonds. The average molecular weight is 289 g/mol.